The molecule has 4 aromatic rings. The first-order valence-corrected chi connectivity index (χ1v) is 9.97. The Morgan fingerprint density at radius 2 is 1.70 bits per heavy atom. The van der Waals surface area contributed by atoms with Gasteiger partial charge >= 0.3 is 5.69 Å². The van der Waals surface area contributed by atoms with Crippen LogP contribution in [0.5, 0.6) is 11.5 Å². The molecule has 0 saturated heterocycles. The number of benzene rings is 3. The smallest absolute Gasteiger partial charge is 0.323 e. The summed E-state index contributed by atoms with van der Waals surface area (Å²) in [6.07, 6.45) is 0. The number of aromatic amines is 2. The minimum atomic E-state index is -0.234. The van der Waals surface area contributed by atoms with Crippen LogP contribution in [0, 0.1) is 0 Å². The summed E-state index contributed by atoms with van der Waals surface area (Å²) in [5.74, 6) is 1.12. The number of ether oxygens (including phenoxy) is 2. The fourth-order valence-corrected chi connectivity index (χ4v) is 3.51. The summed E-state index contributed by atoms with van der Waals surface area (Å²) in [5, 5.41) is 4.50. The van der Waals surface area contributed by atoms with E-state index in [1.807, 2.05) is 48.5 Å². The highest BCUT2D eigenvalue weighted by Gasteiger charge is 2.12. The number of aromatic nitrogens is 2. The van der Waals surface area contributed by atoms with E-state index in [4.69, 9.17) is 32.7 Å². The van der Waals surface area contributed by atoms with Crippen molar-refractivity contribution in [1.29, 1.82) is 0 Å². The van der Waals surface area contributed by atoms with Gasteiger partial charge in [0, 0.05) is 33.9 Å². The average Bonchev–Trinajstić information content (AvgIpc) is 3.11. The van der Waals surface area contributed by atoms with Crippen LogP contribution in [0.1, 0.15) is 11.1 Å². The molecule has 1 heterocycles. The molecular weight excluding hydrogens is 425 g/mol. The summed E-state index contributed by atoms with van der Waals surface area (Å²) in [6, 6.07) is 16.7. The number of nitrogens with one attached hydrogen (secondary N) is 3. The number of halogens is 2. The van der Waals surface area contributed by atoms with Crippen molar-refractivity contribution in [2.45, 2.75) is 13.2 Å². The maximum Gasteiger partial charge on any atom is 0.323 e. The minimum Gasteiger partial charge on any atom is -0.493 e. The van der Waals surface area contributed by atoms with Crippen molar-refractivity contribution in [1.82, 2.24) is 9.97 Å². The molecule has 0 unspecified atom stereocenters. The Bertz CT molecular complexity index is 1250. The second-order valence-electron chi connectivity index (χ2n) is 6.67. The standard InChI is InChI=1S/C22H19Cl2N3O3/c1-29-20-8-14(11-25-15-6-7-18-19(9-15)27-22(28)26-18)17(24)10-21(20)30-12-13-4-2-3-5-16(13)23/h2-10,25H,11-12H2,1H3,(H2,26,27,28). The number of imidazole rings is 1. The molecule has 0 aliphatic rings. The van der Waals surface area contributed by atoms with Crippen LogP contribution in [0.4, 0.5) is 5.69 Å². The second kappa shape index (κ2) is 8.73. The number of methoxy groups -OCH3 is 1. The highest BCUT2D eigenvalue weighted by Crippen LogP contribution is 2.34. The van der Waals surface area contributed by atoms with Crippen LogP contribution in [0.25, 0.3) is 11.0 Å². The lowest BCUT2D eigenvalue weighted by molar-refractivity contribution is 0.284. The first kappa shape index (κ1) is 20.2. The molecule has 0 amide bonds. The van der Waals surface area contributed by atoms with E-state index in [9.17, 15) is 4.79 Å². The number of H-pyrrole nitrogens is 2. The third-order valence-electron chi connectivity index (χ3n) is 4.67. The molecule has 0 radical (unpaired) electrons. The van der Waals surface area contributed by atoms with E-state index in [1.54, 1.807) is 13.2 Å². The molecule has 0 bridgehead atoms. The fourth-order valence-electron chi connectivity index (χ4n) is 3.10. The highest BCUT2D eigenvalue weighted by molar-refractivity contribution is 6.31. The normalized spacial score (nSPS) is 10.9. The predicted molar refractivity (Wildman–Crippen MR) is 120 cm³/mol. The number of rotatable bonds is 7. The van der Waals surface area contributed by atoms with Gasteiger partial charge in [-0.05, 0) is 35.9 Å². The van der Waals surface area contributed by atoms with Gasteiger partial charge in [-0.15, -0.1) is 0 Å². The van der Waals surface area contributed by atoms with Gasteiger partial charge in [0.25, 0.3) is 0 Å². The van der Waals surface area contributed by atoms with Gasteiger partial charge in [-0.25, -0.2) is 4.79 Å². The van der Waals surface area contributed by atoms with Crippen LogP contribution in [-0.4, -0.2) is 17.1 Å². The molecule has 0 aliphatic heterocycles. The van der Waals surface area contributed by atoms with Crippen molar-refractivity contribution < 1.29 is 9.47 Å². The van der Waals surface area contributed by atoms with E-state index in [1.165, 1.54) is 0 Å². The lowest BCUT2D eigenvalue weighted by atomic mass is 10.2. The SMILES string of the molecule is COc1cc(CNc2ccc3[nH]c(=O)[nH]c3c2)c(Cl)cc1OCc1ccccc1Cl. The number of fused-ring (bicyclic) bond motifs is 1. The van der Waals surface area contributed by atoms with E-state index in [2.05, 4.69) is 15.3 Å². The Kier molecular flexibility index (Phi) is 5.88. The third-order valence-corrected chi connectivity index (χ3v) is 5.39. The molecule has 30 heavy (non-hydrogen) atoms. The van der Waals surface area contributed by atoms with Gasteiger partial charge < -0.3 is 24.8 Å². The van der Waals surface area contributed by atoms with Crippen LogP contribution < -0.4 is 20.5 Å². The highest BCUT2D eigenvalue weighted by atomic mass is 35.5. The van der Waals surface area contributed by atoms with E-state index in [0.29, 0.717) is 34.7 Å². The third kappa shape index (κ3) is 4.40. The Labute approximate surface area is 182 Å². The number of hydrogen-bond acceptors (Lipinski definition) is 4. The quantitative estimate of drug-likeness (QED) is 0.359. The van der Waals surface area contributed by atoms with Crippen molar-refractivity contribution >= 4 is 39.9 Å². The first-order valence-electron chi connectivity index (χ1n) is 9.22. The van der Waals surface area contributed by atoms with Gasteiger partial charge in [0.1, 0.15) is 6.61 Å². The molecule has 6 nitrogen and oxygen atoms in total. The van der Waals surface area contributed by atoms with Crippen molar-refractivity contribution in [2.24, 2.45) is 0 Å². The van der Waals surface area contributed by atoms with Gasteiger partial charge in [0.05, 0.1) is 18.1 Å². The molecule has 0 aliphatic carbocycles. The Hall–Kier alpha value is -3.09. The fraction of sp³-hybridized carbons (Fsp3) is 0.136. The molecule has 0 fully saturated rings. The van der Waals surface area contributed by atoms with Crippen molar-refractivity contribution in [3.8, 4) is 11.5 Å². The zero-order chi connectivity index (χ0) is 21.1. The van der Waals surface area contributed by atoms with Crippen molar-refractivity contribution in [3.63, 3.8) is 0 Å². The minimum absolute atomic E-state index is 0.234. The van der Waals surface area contributed by atoms with Crippen LogP contribution in [-0.2, 0) is 13.2 Å². The summed E-state index contributed by atoms with van der Waals surface area (Å²) in [6.45, 7) is 0.777. The largest absolute Gasteiger partial charge is 0.493 e. The van der Waals surface area contributed by atoms with Gasteiger partial charge in [0.15, 0.2) is 11.5 Å². The van der Waals surface area contributed by atoms with Crippen molar-refractivity contribution in [3.05, 3.63) is 86.3 Å². The van der Waals surface area contributed by atoms with E-state index in [-0.39, 0.29) is 5.69 Å². The van der Waals surface area contributed by atoms with E-state index < -0.39 is 0 Å². The second-order valence-corrected chi connectivity index (χ2v) is 7.48. The molecule has 3 N–H and O–H groups in total. The molecule has 0 saturated carbocycles. The molecule has 0 spiro atoms. The van der Waals surface area contributed by atoms with E-state index >= 15 is 0 Å². The lowest BCUT2D eigenvalue weighted by Gasteiger charge is -2.15. The topological polar surface area (TPSA) is 79.1 Å². The van der Waals surface area contributed by atoms with Gasteiger partial charge in [-0.1, -0.05) is 41.4 Å². The molecule has 3 aromatic carbocycles. The molecule has 154 valence electrons. The van der Waals surface area contributed by atoms with Gasteiger partial charge in [-0.3, -0.25) is 0 Å². The Balaban J connectivity index is 1.49. The summed E-state index contributed by atoms with van der Waals surface area (Å²) >= 11 is 12.7. The summed E-state index contributed by atoms with van der Waals surface area (Å²) in [7, 11) is 1.58. The maximum absolute atomic E-state index is 11.4. The molecular formula is C22H19Cl2N3O3. The summed E-state index contributed by atoms with van der Waals surface area (Å²) in [5.41, 5.74) is 3.83. The Morgan fingerprint density at radius 1 is 0.900 bits per heavy atom. The predicted octanol–water partition coefficient (Wildman–Crippen LogP) is 5.36. The lowest BCUT2D eigenvalue weighted by Crippen LogP contribution is -2.03. The average molecular weight is 444 g/mol. The molecule has 4 rings (SSSR count). The summed E-state index contributed by atoms with van der Waals surface area (Å²) < 4.78 is 11.4. The molecule has 1 aromatic heterocycles. The van der Waals surface area contributed by atoms with Crippen molar-refractivity contribution in [2.75, 3.05) is 12.4 Å². The zero-order valence-corrected chi connectivity index (χ0v) is 17.6. The van der Waals surface area contributed by atoms with Gasteiger partial charge in [0.2, 0.25) is 0 Å². The molecule has 0 atom stereocenters. The zero-order valence-electron chi connectivity index (χ0n) is 16.1. The molecule has 8 heteroatoms. The van der Waals surface area contributed by atoms with E-state index in [0.717, 1.165) is 27.8 Å². The van der Waals surface area contributed by atoms with Crippen LogP contribution >= 0.6 is 23.2 Å². The van der Waals surface area contributed by atoms with Crippen LogP contribution in [0.3, 0.4) is 0 Å². The van der Waals surface area contributed by atoms with Crippen LogP contribution in [0.15, 0.2) is 59.4 Å². The number of hydrogen-bond donors (Lipinski definition) is 3. The monoisotopic (exact) mass is 443 g/mol. The maximum atomic E-state index is 11.4. The summed E-state index contributed by atoms with van der Waals surface area (Å²) in [4.78, 5) is 16.9. The number of anilines is 1. The Morgan fingerprint density at radius 3 is 2.50 bits per heavy atom. The first-order chi connectivity index (χ1) is 14.5. The van der Waals surface area contributed by atoms with Gasteiger partial charge in [-0.2, -0.15) is 0 Å². The van der Waals surface area contributed by atoms with Crippen LogP contribution in [0.2, 0.25) is 10.0 Å².